The van der Waals surface area contributed by atoms with E-state index in [1.165, 1.54) is 30.3 Å². The number of benzene rings is 2. The lowest BCUT2D eigenvalue weighted by atomic mass is 10.1. The molecule has 20 heavy (non-hydrogen) atoms. The van der Waals surface area contributed by atoms with E-state index < -0.39 is 23.6 Å². The molecule has 2 aromatic rings. The number of halogens is 4. The third kappa shape index (κ3) is 2.79. The predicted octanol–water partition coefficient (Wildman–Crippen LogP) is 3.99. The molecule has 1 amide bonds. The molecule has 2 aromatic carbocycles. The molecule has 2 nitrogen and oxygen atoms in total. The first-order valence-corrected chi connectivity index (χ1v) is 5.62. The topological polar surface area (TPSA) is 20.3 Å². The molecule has 0 spiro atoms. The van der Waals surface area contributed by atoms with E-state index in [4.69, 9.17) is 0 Å². The van der Waals surface area contributed by atoms with Crippen molar-refractivity contribution in [2.24, 2.45) is 0 Å². The third-order valence-corrected chi connectivity index (χ3v) is 2.58. The summed E-state index contributed by atoms with van der Waals surface area (Å²) in [7, 11) is 0. The smallest absolute Gasteiger partial charge is 0.268 e. The van der Waals surface area contributed by atoms with Gasteiger partial charge in [-0.1, -0.05) is 30.3 Å². The van der Waals surface area contributed by atoms with Crippen molar-refractivity contribution >= 4 is 11.6 Å². The zero-order valence-electron chi connectivity index (χ0n) is 10.1. The Morgan fingerprint density at radius 1 is 0.900 bits per heavy atom. The van der Waals surface area contributed by atoms with Gasteiger partial charge in [-0.2, -0.15) is 0 Å². The molecule has 6 heteroatoms. The molecule has 0 saturated carbocycles. The number of hydrogen-bond acceptors (Lipinski definition) is 1. The number of anilines is 1. The minimum Gasteiger partial charge on any atom is -0.268 e. The average molecular weight is 283 g/mol. The van der Waals surface area contributed by atoms with Gasteiger partial charge in [0, 0.05) is 0 Å². The predicted molar refractivity (Wildman–Crippen MR) is 65.7 cm³/mol. The molecule has 0 heterocycles. The van der Waals surface area contributed by atoms with Crippen molar-refractivity contribution in [3.05, 3.63) is 66.0 Å². The minimum absolute atomic E-state index is 0.367. The van der Waals surface area contributed by atoms with Gasteiger partial charge < -0.3 is 0 Å². The van der Waals surface area contributed by atoms with Crippen molar-refractivity contribution in [2.45, 2.75) is 6.30 Å². The molecule has 0 radical (unpaired) electrons. The molecule has 0 bridgehead atoms. The number of carbonyl (C=O) groups is 1. The van der Waals surface area contributed by atoms with Crippen molar-refractivity contribution in [3.63, 3.8) is 0 Å². The van der Waals surface area contributed by atoms with Gasteiger partial charge in [0.05, 0.1) is 11.3 Å². The summed E-state index contributed by atoms with van der Waals surface area (Å²) in [6, 6.07) is 11.1. The number of hydrogen-bond donors (Lipinski definition) is 0. The Hall–Kier alpha value is -2.37. The van der Waals surface area contributed by atoms with Gasteiger partial charge in [0.1, 0.15) is 5.82 Å². The van der Waals surface area contributed by atoms with Crippen LogP contribution in [0, 0.1) is 5.82 Å². The normalized spacial score (nSPS) is 11.2. The minimum atomic E-state index is -4.94. The molecule has 0 unspecified atom stereocenters. The number of para-hydroxylation sites is 1. The molecule has 0 N–H and O–H groups in total. The van der Waals surface area contributed by atoms with Gasteiger partial charge in [-0.15, -0.1) is 13.2 Å². The highest BCUT2D eigenvalue weighted by atomic mass is 19.4. The molecule has 0 saturated heterocycles. The largest absolute Gasteiger partial charge is 0.491 e. The Labute approximate surface area is 112 Å². The number of rotatable bonds is 2. The third-order valence-electron chi connectivity index (χ3n) is 2.58. The Morgan fingerprint density at radius 3 is 2.00 bits per heavy atom. The zero-order valence-corrected chi connectivity index (χ0v) is 10.1. The van der Waals surface area contributed by atoms with Gasteiger partial charge in [-0.25, -0.2) is 9.29 Å². The van der Waals surface area contributed by atoms with Crippen LogP contribution in [0.1, 0.15) is 10.4 Å². The Morgan fingerprint density at radius 2 is 1.45 bits per heavy atom. The lowest BCUT2D eigenvalue weighted by Crippen LogP contribution is -2.43. The van der Waals surface area contributed by atoms with Gasteiger partial charge >= 0.3 is 6.30 Å². The molecule has 0 fully saturated rings. The fraction of sp³-hybridized carbons (Fsp3) is 0.0714. The van der Waals surface area contributed by atoms with Crippen LogP contribution in [0.25, 0.3) is 0 Å². The summed E-state index contributed by atoms with van der Waals surface area (Å²) >= 11 is 0. The first kappa shape index (κ1) is 14.0. The number of amides is 1. The average Bonchev–Trinajstić information content (AvgIpc) is 2.39. The van der Waals surface area contributed by atoms with Crippen LogP contribution in [0.5, 0.6) is 0 Å². The van der Waals surface area contributed by atoms with Crippen LogP contribution in [0.3, 0.4) is 0 Å². The van der Waals surface area contributed by atoms with Gasteiger partial charge in [-0.3, -0.25) is 4.79 Å². The molecule has 0 aliphatic carbocycles. The van der Waals surface area contributed by atoms with Crippen LogP contribution < -0.4 is 4.90 Å². The van der Waals surface area contributed by atoms with Crippen LogP contribution in [0.4, 0.5) is 23.2 Å². The van der Waals surface area contributed by atoms with Crippen molar-refractivity contribution in [3.8, 4) is 0 Å². The Balaban J connectivity index is 2.49. The molecule has 104 valence electrons. The van der Waals surface area contributed by atoms with Crippen molar-refractivity contribution < 1.29 is 22.4 Å². The number of nitrogens with zero attached hydrogens (tertiary/aromatic N) is 1. The highest BCUT2D eigenvalue weighted by Gasteiger charge is 2.43. The van der Waals surface area contributed by atoms with Gasteiger partial charge in [0.2, 0.25) is 0 Å². The van der Waals surface area contributed by atoms with Crippen LogP contribution in [-0.2, 0) is 0 Å². The molecule has 0 aliphatic rings. The monoisotopic (exact) mass is 283 g/mol. The standard InChI is InChI=1S/C14H9F4NO/c15-12-9-5-4-8-11(12)13(20)19(14(16,17)18)10-6-2-1-3-7-10/h1-9H. The summed E-state index contributed by atoms with van der Waals surface area (Å²) in [5.41, 5.74) is -0.998. The Bertz CT molecular complexity index is 610. The van der Waals surface area contributed by atoms with E-state index in [1.54, 1.807) is 0 Å². The fourth-order valence-corrected chi connectivity index (χ4v) is 1.71. The molecule has 0 atom stereocenters. The summed E-state index contributed by atoms with van der Waals surface area (Å²) < 4.78 is 52.7. The van der Waals surface area contributed by atoms with Crippen molar-refractivity contribution in [1.29, 1.82) is 0 Å². The Kier molecular flexibility index (Phi) is 3.74. The highest BCUT2D eigenvalue weighted by molar-refractivity contribution is 6.06. The summed E-state index contributed by atoms with van der Waals surface area (Å²) in [4.78, 5) is 11.6. The second-order valence-corrected chi connectivity index (χ2v) is 3.92. The summed E-state index contributed by atoms with van der Waals surface area (Å²) in [6.45, 7) is 0. The van der Waals surface area contributed by atoms with E-state index in [0.717, 1.165) is 24.3 Å². The summed E-state index contributed by atoms with van der Waals surface area (Å²) in [5.74, 6) is -2.45. The zero-order chi connectivity index (χ0) is 14.8. The molecular formula is C14H9F4NO. The van der Waals surface area contributed by atoms with Crippen molar-refractivity contribution in [2.75, 3.05) is 4.90 Å². The second kappa shape index (κ2) is 5.32. The van der Waals surface area contributed by atoms with E-state index in [1.807, 2.05) is 0 Å². The van der Waals surface area contributed by atoms with Gasteiger partial charge in [0.25, 0.3) is 5.91 Å². The summed E-state index contributed by atoms with van der Waals surface area (Å²) in [6.07, 6.45) is -4.94. The maximum atomic E-state index is 13.5. The maximum Gasteiger partial charge on any atom is 0.491 e. The SMILES string of the molecule is O=C(c1ccccc1F)N(c1ccccc1)C(F)(F)F. The molecule has 2 rings (SSSR count). The van der Waals surface area contributed by atoms with Gasteiger partial charge in [0.15, 0.2) is 0 Å². The lowest BCUT2D eigenvalue weighted by Gasteiger charge is -2.25. The summed E-state index contributed by atoms with van der Waals surface area (Å²) in [5, 5.41) is 0. The quantitative estimate of drug-likeness (QED) is 0.602. The van der Waals surface area contributed by atoms with Crippen LogP contribution >= 0.6 is 0 Å². The van der Waals surface area contributed by atoms with Crippen LogP contribution in [0.2, 0.25) is 0 Å². The molecule has 0 aliphatic heterocycles. The molecule has 0 aromatic heterocycles. The highest BCUT2D eigenvalue weighted by Crippen LogP contribution is 2.30. The fourth-order valence-electron chi connectivity index (χ4n) is 1.71. The van der Waals surface area contributed by atoms with E-state index in [9.17, 15) is 22.4 Å². The van der Waals surface area contributed by atoms with Crippen molar-refractivity contribution in [1.82, 2.24) is 0 Å². The van der Waals surface area contributed by atoms with Crippen LogP contribution in [-0.4, -0.2) is 12.2 Å². The van der Waals surface area contributed by atoms with Crippen LogP contribution in [0.15, 0.2) is 54.6 Å². The maximum absolute atomic E-state index is 13.5. The first-order valence-electron chi connectivity index (χ1n) is 5.62. The lowest BCUT2D eigenvalue weighted by molar-refractivity contribution is -0.122. The number of alkyl halides is 3. The first-order chi connectivity index (χ1) is 9.41. The van der Waals surface area contributed by atoms with Gasteiger partial charge in [-0.05, 0) is 24.3 Å². The molecular weight excluding hydrogens is 274 g/mol. The number of carbonyl (C=O) groups excluding carboxylic acids is 1. The van der Waals surface area contributed by atoms with E-state index in [0.29, 0.717) is 0 Å². The second-order valence-electron chi connectivity index (χ2n) is 3.92. The van der Waals surface area contributed by atoms with E-state index >= 15 is 0 Å². The van der Waals surface area contributed by atoms with E-state index in [-0.39, 0.29) is 10.6 Å². The van der Waals surface area contributed by atoms with E-state index in [2.05, 4.69) is 0 Å².